The topological polar surface area (TPSA) is 71.9 Å². The van der Waals surface area contributed by atoms with Gasteiger partial charge in [-0.1, -0.05) is 6.92 Å². The number of nitrogens with zero attached hydrogens (tertiary/aromatic N) is 2. The highest BCUT2D eigenvalue weighted by Crippen LogP contribution is 2.18. The van der Waals surface area contributed by atoms with E-state index in [0.29, 0.717) is 18.1 Å². The Kier molecular flexibility index (Phi) is 3.86. The summed E-state index contributed by atoms with van der Waals surface area (Å²) in [5, 5.41) is 8.98. The molecule has 86 valence electrons. The van der Waals surface area contributed by atoms with Gasteiger partial charge in [0, 0.05) is 11.7 Å². The second-order valence-corrected chi connectivity index (χ2v) is 4.22. The van der Waals surface area contributed by atoms with Gasteiger partial charge in [-0.15, -0.1) is 0 Å². The summed E-state index contributed by atoms with van der Waals surface area (Å²) in [6.45, 7) is 6.12. The molecule has 0 aliphatic rings. The zero-order valence-electron chi connectivity index (χ0n) is 9.95. The highest BCUT2D eigenvalue weighted by molar-refractivity contribution is 5.43. The van der Waals surface area contributed by atoms with Gasteiger partial charge in [0.2, 0.25) is 5.88 Å². The summed E-state index contributed by atoms with van der Waals surface area (Å²) in [7, 11) is 0. The van der Waals surface area contributed by atoms with Crippen LogP contribution in [-0.2, 0) is 0 Å². The second kappa shape index (κ2) is 4.95. The zero-order valence-corrected chi connectivity index (χ0v) is 9.95. The molecule has 1 heterocycles. The Morgan fingerprint density at radius 1 is 1.62 bits per heavy atom. The summed E-state index contributed by atoms with van der Waals surface area (Å²) in [6, 6.07) is 3.87. The third kappa shape index (κ3) is 2.94. The fourth-order valence-electron chi connectivity index (χ4n) is 1.11. The molecule has 4 nitrogen and oxygen atoms in total. The predicted molar refractivity (Wildman–Crippen MR) is 62.1 cm³/mol. The molecular formula is C12H17N3O. The standard InChI is InChI=1S/C12H17N3O/c1-4-12(3,14)8-16-11-10(7-13)9(2)5-6-15-11/h5-6H,4,8,14H2,1-3H3. The van der Waals surface area contributed by atoms with Gasteiger partial charge < -0.3 is 10.5 Å². The van der Waals surface area contributed by atoms with Gasteiger partial charge in [0.1, 0.15) is 18.2 Å². The van der Waals surface area contributed by atoms with Crippen molar-refractivity contribution in [3.05, 3.63) is 23.4 Å². The maximum atomic E-state index is 8.98. The summed E-state index contributed by atoms with van der Waals surface area (Å²) < 4.78 is 5.51. The van der Waals surface area contributed by atoms with E-state index in [0.717, 1.165) is 12.0 Å². The number of aryl methyl sites for hydroxylation is 1. The van der Waals surface area contributed by atoms with Crippen LogP contribution in [0.1, 0.15) is 31.4 Å². The van der Waals surface area contributed by atoms with E-state index in [2.05, 4.69) is 11.1 Å². The lowest BCUT2D eigenvalue weighted by Gasteiger charge is -2.22. The van der Waals surface area contributed by atoms with Gasteiger partial charge in [-0.25, -0.2) is 4.98 Å². The molecule has 0 saturated heterocycles. The van der Waals surface area contributed by atoms with Crippen molar-refractivity contribution in [1.82, 2.24) is 4.98 Å². The monoisotopic (exact) mass is 219 g/mol. The molecular weight excluding hydrogens is 202 g/mol. The minimum absolute atomic E-state index is 0.356. The van der Waals surface area contributed by atoms with Gasteiger partial charge in [-0.3, -0.25) is 0 Å². The molecule has 0 aliphatic carbocycles. The van der Waals surface area contributed by atoms with Gasteiger partial charge in [-0.05, 0) is 31.9 Å². The fraction of sp³-hybridized carbons (Fsp3) is 0.500. The van der Waals surface area contributed by atoms with E-state index in [1.807, 2.05) is 20.8 Å². The Morgan fingerprint density at radius 2 is 2.31 bits per heavy atom. The zero-order chi connectivity index (χ0) is 12.2. The van der Waals surface area contributed by atoms with Crippen LogP contribution in [0, 0.1) is 18.3 Å². The summed E-state index contributed by atoms with van der Waals surface area (Å²) in [5.74, 6) is 0.368. The molecule has 4 heteroatoms. The van der Waals surface area contributed by atoms with E-state index in [4.69, 9.17) is 15.7 Å². The maximum Gasteiger partial charge on any atom is 0.231 e. The van der Waals surface area contributed by atoms with Gasteiger partial charge in [0.15, 0.2) is 0 Å². The number of nitrogens with two attached hydrogens (primary N) is 1. The van der Waals surface area contributed by atoms with Gasteiger partial charge in [0.25, 0.3) is 0 Å². The number of ether oxygens (including phenoxy) is 1. The van der Waals surface area contributed by atoms with Crippen LogP contribution in [0.4, 0.5) is 0 Å². The summed E-state index contributed by atoms with van der Waals surface area (Å²) in [5.41, 5.74) is 6.91. The van der Waals surface area contributed by atoms with E-state index < -0.39 is 5.54 Å². The molecule has 0 aromatic carbocycles. The van der Waals surface area contributed by atoms with Crippen LogP contribution in [0.25, 0.3) is 0 Å². The van der Waals surface area contributed by atoms with E-state index in [-0.39, 0.29) is 0 Å². The van der Waals surface area contributed by atoms with Crippen molar-refractivity contribution < 1.29 is 4.74 Å². The van der Waals surface area contributed by atoms with Crippen LogP contribution < -0.4 is 10.5 Å². The third-order valence-corrected chi connectivity index (χ3v) is 2.58. The molecule has 0 fully saturated rings. The Morgan fingerprint density at radius 3 is 2.88 bits per heavy atom. The Bertz CT molecular complexity index is 407. The molecule has 2 N–H and O–H groups in total. The minimum atomic E-state index is -0.391. The van der Waals surface area contributed by atoms with Crippen molar-refractivity contribution in [2.75, 3.05) is 6.61 Å². The molecule has 0 bridgehead atoms. The number of rotatable bonds is 4. The fourth-order valence-corrected chi connectivity index (χ4v) is 1.11. The smallest absolute Gasteiger partial charge is 0.231 e. The highest BCUT2D eigenvalue weighted by Gasteiger charge is 2.18. The number of hydrogen-bond donors (Lipinski definition) is 1. The van der Waals surface area contributed by atoms with Crippen molar-refractivity contribution >= 4 is 0 Å². The van der Waals surface area contributed by atoms with Crippen molar-refractivity contribution in [3.8, 4) is 11.9 Å². The molecule has 0 amide bonds. The van der Waals surface area contributed by atoms with Crippen molar-refractivity contribution in [2.24, 2.45) is 5.73 Å². The lowest BCUT2D eigenvalue weighted by molar-refractivity contribution is 0.218. The molecule has 0 saturated carbocycles. The molecule has 0 aliphatic heterocycles. The number of pyridine rings is 1. The van der Waals surface area contributed by atoms with Crippen molar-refractivity contribution in [3.63, 3.8) is 0 Å². The van der Waals surface area contributed by atoms with E-state index >= 15 is 0 Å². The van der Waals surface area contributed by atoms with E-state index in [1.165, 1.54) is 0 Å². The second-order valence-electron chi connectivity index (χ2n) is 4.22. The van der Waals surface area contributed by atoms with Crippen molar-refractivity contribution in [1.29, 1.82) is 5.26 Å². The minimum Gasteiger partial charge on any atom is -0.475 e. The van der Waals surface area contributed by atoms with Crippen LogP contribution in [-0.4, -0.2) is 17.1 Å². The Hall–Kier alpha value is -1.60. The van der Waals surface area contributed by atoms with Gasteiger partial charge in [-0.2, -0.15) is 5.26 Å². The Balaban J connectivity index is 2.83. The highest BCUT2D eigenvalue weighted by atomic mass is 16.5. The van der Waals surface area contributed by atoms with E-state index in [9.17, 15) is 0 Å². The van der Waals surface area contributed by atoms with Crippen LogP contribution in [0.2, 0.25) is 0 Å². The molecule has 1 atom stereocenters. The van der Waals surface area contributed by atoms with Crippen LogP contribution in [0.15, 0.2) is 12.3 Å². The van der Waals surface area contributed by atoms with E-state index in [1.54, 1.807) is 12.3 Å². The number of nitriles is 1. The summed E-state index contributed by atoms with van der Waals surface area (Å²) >= 11 is 0. The molecule has 0 spiro atoms. The first-order valence-electron chi connectivity index (χ1n) is 5.27. The van der Waals surface area contributed by atoms with Crippen LogP contribution >= 0.6 is 0 Å². The molecule has 1 aromatic heterocycles. The normalized spacial score (nSPS) is 13.9. The van der Waals surface area contributed by atoms with Gasteiger partial charge in [0.05, 0.1) is 0 Å². The van der Waals surface area contributed by atoms with Crippen molar-refractivity contribution in [2.45, 2.75) is 32.7 Å². The molecule has 16 heavy (non-hydrogen) atoms. The predicted octanol–water partition coefficient (Wildman–Crippen LogP) is 1.77. The first kappa shape index (κ1) is 12.5. The molecule has 1 unspecified atom stereocenters. The first-order chi connectivity index (χ1) is 7.50. The number of aromatic nitrogens is 1. The third-order valence-electron chi connectivity index (χ3n) is 2.58. The summed E-state index contributed by atoms with van der Waals surface area (Å²) in [4.78, 5) is 4.05. The molecule has 0 radical (unpaired) electrons. The first-order valence-corrected chi connectivity index (χ1v) is 5.27. The number of hydrogen-bond acceptors (Lipinski definition) is 4. The summed E-state index contributed by atoms with van der Waals surface area (Å²) in [6.07, 6.45) is 2.44. The lowest BCUT2D eigenvalue weighted by atomic mass is 10.0. The van der Waals surface area contributed by atoms with Crippen LogP contribution in [0.5, 0.6) is 5.88 Å². The average Bonchev–Trinajstić information content (AvgIpc) is 2.26. The lowest BCUT2D eigenvalue weighted by Crippen LogP contribution is -2.41. The van der Waals surface area contributed by atoms with Crippen LogP contribution in [0.3, 0.4) is 0 Å². The molecule has 1 rings (SSSR count). The SMILES string of the molecule is CCC(C)(N)COc1nccc(C)c1C#N. The quantitative estimate of drug-likeness (QED) is 0.837. The maximum absolute atomic E-state index is 8.98. The average molecular weight is 219 g/mol. The Labute approximate surface area is 96.1 Å². The largest absolute Gasteiger partial charge is 0.475 e. The molecule has 1 aromatic rings. The van der Waals surface area contributed by atoms with Gasteiger partial charge >= 0.3 is 0 Å².